The number of carbonyl (C=O) groups is 1. The Labute approximate surface area is 119 Å². The molecule has 1 amide bonds. The maximum absolute atomic E-state index is 11.8. The van der Waals surface area contributed by atoms with Crippen LogP contribution in [0.4, 0.5) is 5.69 Å². The summed E-state index contributed by atoms with van der Waals surface area (Å²) in [6.07, 6.45) is 1.00. The van der Waals surface area contributed by atoms with Crippen molar-refractivity contribution >= 4 is 21.6 Å². The predicted molar refractivity (Wildman–Crippen MR) is 78.8 cm³/mol. The number of nitrogens with two attached hydrogens (primary N) is 1. The molecule has 4 N–H and O–H groups in total. The number of para-hydroxylation sites is 1. The van der Waals surface area contributed by atoms with Crippen LogP contribution in [0.2, 0.25) is 0 Å². The van der Waals surface area contributed by atoms with Crippen LogP contribution >= 0.6 is 0 Å². The zero-order valence-electron chi connectivity index (χ0n) is 11.7. The number of hydrogen-bond acceptors (Lipinski definition) is 4. The fraction of sp³-hybridized carbons (Fsp3) is 0.462. The Morgan fingerprint density at radius 1 is 1.30 bits per heavy atom. The normalized spacial score (nSPS) is 11.6. The second kappa shape index (κ2) is 7.37. The van der Waals surface area contributed by atoms with Gasteiger partial charge in [-0.05, 0) is 25.1 Å². The minimum atomic E-state index is -3.84. The Bertz CT molecular complexity index is 556. The number of nitrogens with one attached hydrogen (secondary N) is 2. The van der Waals surface area contributed by atoms with Crippen LogP contribution in [0.1, 0.15) is 26.7 Å². The maximum Gasteiger partial charge on any atom is 0.240 e. The molecule has 0 aromatic heterocycles. The van der Waals surface area contributed by atoms with E-state index in [2.05, 4.69) is 10.6 Å². The molecule has 7 heteroatoms. The molecule has 0 aliphatic rings. The molecule has 0 atom stereocenters. The van der Waals surface area contributed by atoms with Gasteiger partial charge < -0.3 is 10.6 Å². The van der Waals surface area contributed by atoms with Gasteiger partial charge in [-0.25, -0.2) is 13.6 Å². The first kappa shape index (κ1) is 16.6. The van der Waals surface area contributed by atoms with Crippen molar-refractivity contribution in [3.05, 3.63) is 24.3 Å². The quantitative estimate of drug-likeness (QED) is 0.655. The molecule has 0 heterocycles. The number of anilines is 1. The Hall–Kier alpha value is -1.44. The average Bonchev–Trinajstić information content (AvgIpc) is 2.34. The molecule has 20 heavy (non-hydrogen) atoms. The summed E-state index contributed by atoms with van der Waals surface area (Å²) >= 11 is 0. The van der Waals surface area contributed by atoms with Gasteiger partial charge in [-0.15, -0.1) is 0 Å². The van der Waals surface area contributed by atoms with E-state index in [0.29, 0.717) is 18.9 Å². The van der Waals surface area contributed by atoms with Gasteiger partial charge in [0.15, 0.2) is 0 Å². The molecule has 0 saturated heterocycles. The highest BCUT2D eigenvalue weighted by Gasteiger charge is 2.14. The van der Waals surface area contributed by atoms with Gasteiger partial charge >= 0.3 is 0 Å². The third kappa shape index (κ3) is 5.68. The fourth-order valence-electron chi connectivity index (χ4n) is 1.67. The van der Waals surface area contributed by atoms with E-state index in [1.54, 1.807) is 12.1 Å². The summed E-state index contributed by atoms with van der Waals surface area (Å²) in [6, 6.07) is 6.46. The SMILES string of the molecule is CC(C)NCCCC(=O)Nc1ccccc1S(N)(=O)=O. The van der Waals surface area contributed by atoms with E-state index in [1.807, 2.05) is 13.8 Å². The molecule has 112 valence electrons. The van der Waals surface area contributed by atoms with Gasteiger partial charge in [0, 0.05) is 12.5 Å². The predicted octanol–water partition coefficient (Wildman–Crippen LogP) is 1.05. The van der Waals surface area contributed by atoms with Gasteiger partial charge in [0.25, 0.3) is 0 Å². The second-order valence-electron chi connectivity index (χ2n) is 4.80. The summed E-state index contributed by atoms with van der Waals surface area (Å²) in [7, 11) is -3.84. The van der Waals surface area contributed by atoms with Crippen LogP contribution in [0.3, 0.4) is 0 Å². The Kier molecular flexibility index (Phi) is 6.12. The maximum atomic E-state index is 11.8. The van der Waals surface area contributed by atoms with E-state index in [4.69, 9.17) is 5.14 Å². The van der Waals surface area contributed by atoms with Crippen molar-refractivity contribution in [2.75, 3.05) is 11.9 Å². The van der Waals surface area contributed by atoms with Gasteiger partial charge in [-0.1, -0.05) is 26.0 Å². The largest absolute Gasteiger partial charge is 0.325 e. The van der Waals surface area contributed by atoms with Crippen LogP contribution in [0.25, 0.3) is 0 Å². The monoisotopic (exact) mass is 299 g/mol. The van der Waals surface area contributed by atoms with E-state index >= 15 is 0 Å². The van der Waals surface area contributed by atoms with Crippen molar-refractivity contribution in [1.29, 1.82) is 0 Å². The lowest BCUT2D eigenvalue weighted by Gasteiger charge is -2.10. The van der Waals surface area contributed by atoms with Crippen LogP contribution in [-0.2, 0) is 14.8 Å². The molecule has 0 aliphatic carbocycles. The molecule has 1 aromatic rings. The summed E-state index contributed by atoms with van der Waals surface area (Å²) in [6.45, 7) is 4.80. The molecule has 1 rings (SSSR count). The van der Waals surface area contributed by atoms with Gasteiger partial charge in [0.2, 0.25) is 15.9 Å². The molecular weight excluding hydrogens is 278 g/mol. The van der Waals surface area contributed by atoms with Gasteiger partial charge in [0.1, 0.15) is 4.90 Å². The summed E-state index contributed by atoms with van der Waals surface area (Å²) in [4.78, 5) is 11.7. The van der Waals surface area contributed by atoms with Crippen LogP contribution in [0, 0.1) is 0 Å². The zero-order valence-corrected chi connectivity index (χ0v) is 12.5. The van der Waals surface area contributed by atoms with E-state index in [1.165, 1.54) is 12.1 Å². The summed E-state index contributed by atoms with van der Waals surface area (Å²) < 4.78 is 22.8. The van der Waals surface area contributed by atoms with E-state index in [9.17, 15) is 13.2 Å². The van der Waals surface area contributed by atoms with Gasteiger partial charge in [-0.3, -0.25) is 4.79 Å². The first-order valence-corrected chi connectivity index (χ1v) is 8.00. The topological polar surface area (TPSA) is 101 Å². The van der Waals surface area contributed by atoms with Crippen molar-refractivity contribution in [2.45, 2.75) is 37.6 Å². The van der Waals surface area contributed by atoms with Crippen LogP contribution in [-0.4, -0.2) is 26.9 Å². The minimum absolute atomic E-state index is 0.0753. The van der Waals surface area contributed by atoms with E-state index < -0.39 is 10.0 Å². The standard InChI is InChI=1S/C13H21N3O3S/c1-10(2)15-9-5-8-13(17)16-11-6-3-4-7-12(11)20(14,18)19/h3-4,6-7,10,15H,5,8-9H2,1-2H3,(H,16,17)(H2,14,18,19). The van der Waals surface area contributed by atoms with Crippen molar-refractivity contribution in [3.63, 3.8) is 0 Å². The molecule has 0 radical (unpaired) electrons. The van der Waals surface area contributed by atoms with E-state index in [0.717, 1.165) is 6.54 Å². The third-order valence-electron chi connectivity index (χ3n) is 2.60. The highest BCUT2D eigenvalue weighted by atomic mass is 32.2. The highest BCUT2D eigenvalue weighted by molar-refractivity contribution is 7.89. The molecule has 0 saturated carbocycles. The van der Waals surface area contributed by atoms with Crippen molar-refractivity contribution in [3.8, 4) is 0 Å². The lowest BCUT2D eigenvalue weighted by molar-refractivity contribution is -0.116. The number of carbonyl (C=O) groups excluding carboxylic acids is 1. The zero-order chi connectivity index (χ0) is 15.2. The highest BCUT2D eigenvalue weighted by Crippen LogP contribution is 2.19. The summed E-state index contributed by atoms with van der Waals surface area (Å²) in [5.41, 5.74) is 0.219. The van der Waals surface area contributed by atoms with Crippen molar-refractivity contribution in [2.24, 2.45) is 5.14 Å². The molecule has 0 aliphatic heterocycles. The molecular formula is C13H21N3O3S. The minimum Gasteiger partial charge on any atom is -0.325 e. The molecule has 6 nitrogen and oxygen atoms in total. The second-order valence-corrected chi connectivity index (χ2v) is 6.33. The number of rotatable bonds is 7. The van der Waals surface area contributed by atoms with Gasteiger partial charge in [0.05, 0.1) is 5.69 Å². The molecule has 1 aromatic carbocycles. The summed E-state index contributed by atoms with van der Waals surface area (Å²) in [5, 5.41) is 10.9. The number of hydrogen-bond donors (Lipinski definition) is 3. The van der Waals surface area contributed by atoms with Crippen LogP contribution in [0.15, 0.2) is 29.2 Å². The smallest absolute Gasteiger partial charge is 0.240 e. The number of benzene rings is 1. The molecule has 0 bridgehead atoms. The first-order chi connectivity index (χ1) is 9.30. The molecule has 0 spiro atoms. The Balaban J connectivity index is 2.59. The number of amides is 1. The molecule has 0 unspecified atom stereocenters. The summed E-state index contributed by atoms with van der Waals surface area (Å²) in [5.74, 6) is -0.230. The van der Waals surface area contributed by atoms with Crippen molar-refractivity contribution in [1.82, 2.24) is 5.32 Å². The lowest BCUT2D eigenvalue weighted by atomic mass is 10.2. The molecule has 0 fully saturated rings. The van der Waals surface area contributed by atoms with Gasteiger partial charge in [-0.2, -0.15) is 0 Å². The lowest BCUT2D eigenvalue weighted by Crippen LogP contribution is -2.25. The third-order valence-corrected chi connectivity index (χ3v) is 3.57. The first-order valence-electron chi connectivity index (χ1n) is 6.46. The van der Waals surface area contributed by atoms with Crippen LogP contribution in [0.5, 0.6) is 0 Å². The number of primary sulfonamides is 1. The van der Waals surface area contributed by atoms with E-state index in [-0.39, 0.29) is 16.5 Å². The number of sulfonamides is 1. The van der Waals surface area contributed by atoms with Crippen molar-refractivity contribution < 1.29 is 13.2 Å². The average molecular weight is 299 g/mol. The Morgan fingerprint density at radius 3 is 2.55 bits per heavy atom. The van der Waals surface area contributed by atoms with Crippen LogP contribution < -0.4 is 15.8 Å². The Morgan fingerprint density at radius 2 is 1.95 bits per heavy atom. The fourth-order valence-corrected chi connectivity index (χ4v) is 2.36.